The molecule has 1 fully saturated rings. The van der Waals surface area contributed by atoms with Gasteiger partial charge in [0.05, 0.1) is 32.3 Å². The molecule has 1 saturated heterocycles. The fourth-order valence-corrected chi connectivity index (χ4v) is 2.84. The molecule has 2 unspecified atom stereocenters. The van der Waals surface area contributed by atoms with E-state index >= 15 is 0 Å². The molecule has 2 atom stereocenters. The van der Waals surface area contributed by atoms with Gasteiger partial charge in [-0.05, 0) is 12.8 Å². The van der Waals surface area contributed by atoms with E-state index in [4.69, 9.17) is 0 Å². The second-order valence-electron chi connectivity index (χ2n) is 3.61. The van der Waals surface area contributed by atoms with Gasteiger partial charge in [0, 0.05) is 0 Å². The number of halogens is 2. The number of imide groups is 1. The lowest BCUT2D eigenvalue weighted by Gasteiger charge is -2.31. The van der Waals surface area contributed by atoms with Crippen LogP contribution in [-0.2, 0) is 4.79 Å². The summed E-state index contributed by atoms with van der Waals surface area (Å²) in [6.07, 6.45) is 0.832. The van der Waals surface area contributed by atoms with Crippen LogP contribution in [0.5, 0.6) is 0 Å². The number of hydrogen-bond acceptors (Lipinski definition) is 2. The molecular weight excluding hydrogens is 316 g/mol. The highest BCUT2D eigenvalue weighted by Gasteiger charge is 2.55. The van der Waals surface area contributed by atoms with Gasteiger partial charge in [0.15, 0.2) is 0 Å². The minimum atomic E-state index is -0.796. The Kier molecular flexibility index (Phi) is 3.26. The van der Waals surface area contributed by atoms with E-state index in [0.29, 0.717) is 0 Å². The summed E-state index contributed by atoms with van der Waals surface area (Å²) in [5.74, 6) is -0.130. The third-order valence-electron chi connectivity index (χ3n) is 2.93. The van der Waals surface area contributed by atoms with Crippen LogP contribution in [0.15, 0.2) is 0 Å². The Bertz CT molecular complexity index is 285. The molecule has 1 heterocycles. The Hall–Kier alpha value is -0.100. The largest absolute Gasteiger partial charge is 0.348 e. The lowest BCUT2D eigenvalue weighted by atomic mass is 9.85. The van der Waals surface area contributed by atoms with Gasteiger partial charge in [-0.3, -0.25) is 4.79 Å². The normalized spacial score (nSPS) is 30.1. The van der Waals surface area contributed by atoms with E-state index in [1.54, 1.807) is 6.92 Å². The Morgan fingerprint density at radius 3 is 2.21 bits per heavy atom. The van der Waals surface area contributed by atoms with Gasteiger partial charge in [-0.15, -0.1) is 0 Å². The molecule has 0 aromatic heterocycles. The Morgan fingerprint density at radius 2 is 1.93 bits per heavy atom. The summed E-state index contributed by atoms with van der Waals surface area (Å²) in [5, 5.41) is 0. The minimum Gasteiger partial charge on any atom is -0.271 e. The molecule has 0 aromatic rings. The molecule has 4 nitrogen and oxygen atoms in total. The molecule has 1 rings (SSSR count). The molecule has 0 N–H and O–H groups in total. The average molecular weight is 328 g/mol. The predicted octanol–water partition coefficient (Wildman–Crippen LogP) is 2.68. The molecule has 80 valence electrons. The van der Waals surface area contributed by atoms with Gasteiger partial charge in [-0.25, -0.2) is 8.72 Å². The second kappa shape index (κ2) is 3.81. The van der Waals surface area contributed by atoms with Crippen LogP contribution in [-0.4, -0.2) is 25.3 Å². The fourth-order valence-electron chi connectivity index (χ4n) is 1.45. The van der Waals surface area contributed by atoms with E-state index in [-0.39, 0.29) is 17.9 Å². The van der Waals surface area contributed by atoms with Crippen molar-refractivity contribution < 1.29 is 9.59 Å². The van der Waals surface area contributed by atoms with Gasteiger partial charge in [-0.1, -0.05) is 20.3 Å². The first-order valence-electron chi connectivity index (χ1n) is 4.37. The minimum absolute atomic E-state index is 0.0980. The van der Waals surface area contributed by atoms with Gasteiger partial charge >= 0.3 is 6.03 Å². The van der Waals surface area contributed by atoms with E-state index in [1.807, 2.05) is 13.8 Å². The summed E-state index contributed by atoms with van der Waals surface area (Å²) in [6.45, 7) is 5.70. The first-order chi connectivity index (χ1) is 6.37. The molecule has 14 heavy (non-hydrogen) atoms. The summed E-state index contributed by atoms with van der Waals surface area (Å²) in [6, 6.07) is -0.377. The molecule has 0 saturated carbocycles. The summed E-state index contributed by atoms with van der Waals surface area (Å²) < 4.78 is 2.28. The second-order valence-corrected chi connectivity index (χ2v) is 5.02. The monoisotopic (exact) mass is 326 g/mol. The van der Waals surface area contributed by atoms with Gasteiger partial charge in [0.1, 0.15) is 5.54 Å². The van der Waals surface area contributed by atoms with Crippen LogP contribution in [0.1, 0.15) is 27.2 Å². The lowest BCUT2D eigenvalue weighted by molar-refractivity contribution is -0.129. The van der Waals surface area contributed by atoms with E-state index in [2.05, 4.69) is 32.3 Å². The van der Waals surface area contributed by atoms with E-state index in [1.165, 1.54) is 3.93 Å². The van der Waals surface area contributed by atoms with Crippen LogP contribution in [0, 0.1) is 5.92 Å². The van der Waals surface area contributed by atoms with Gasteiger partial charge in [-0.2, -0.15) is 3.93 Å². The standard InChI is InChI=1S/C8H12Br2N2O2/c1-4-5(2)8(3)6(13)11(9)7(14)12(8)10/h5H,4H2,1-3H3. The SMILES string of the molecule is CCC(C)C1(C)C(=O)N(Br)C(=O)N1Br. The zero-order valence-electron chi connectivity index (χ0n) is 8.25. The predicted molar refractivity (Wildman–Crippen MR) is 59.8 cm³/mol. The Labute approximate surface area is 100 Å². The highest BCUT2D eigenvalue weighted by atomic mass is 79.9. The molecule has 6 heteroatoms. The highest BCUT2D eigenvalue weighted by molar-refractivity contribution is 9.08. The van der Waals surface area contributed by atoms with Crippen molar-refractivity contribution in [2.45, 2.75) is 32.7 Å². The molecule has 0 spiro atoms. The quantitative estimate of drug-likeness (QED) is 0.578. The molecule has 0 aliphatic carbocycles. The van der Waals surface area contributed by atoms with Crippen LogP contribution < -0.4 is 0 Å². The first kappa shape index (κ1) is 12.0. The van der Waals surface area contributed by atoms with Crippen molar-refractivity contribution in [1.29, 1.82) is 0 Å². The summed E-state index contributed by atoms with van der Waals surface area (Å²) in [5.41, 5.74) is -0.796. The molecule has 0 radical (unpaired) electrons. The molecule has 1 aliphatic rings. The van der Waals surface area contributed by atoms with Crippen LogP contribution >= 0.6 is 32.3 Å². The van der Waals surface area contributed by atoms with E-state index in [9.17, 15) is 9.59 Å². The van der Waals surface area contributed by atoms with Gasteiger partial charge < -0.3 is 0 Å². The average Bonchev–Trinajstić information content (AvgIpc) is 2.34. The van der Waals surface area contributed by atoms with Crippen LogP contribution in [0.25, 0.3) is 0 Å². The van der Waals surface area contributed by atoms with Crippen molar-refractivity contribution in [3.63, 3.8) is 0 Å². The Morgan fingerprint density at radius 1 is 1.43 bits per heavy atom. The van der Waals surface area contributed by atoms with Gasteiger partial charge in [0.2, 0.25) is 0 Å². The van der Waals surface area contributed by atoms with Crippen molar-refractivity contribution in [2.75, 3.05) is 0 Å². The molecule has 3 amide bonds. The van der Waals surface area contributed by atoms with Crippen molar-refractivity contribution in [3.8, 4) is 0 Å². The number of urea groups is 1. The van der Waals surface area contributed by atoms with Crippen molar-refractivity contribution in [1.82, 2.24) is 7.85 Å². The maximum Gasteiger partial charge on any atom is 0.348 e. The maximum atomic E-state index is 11.8. The summed E-state index contributed by atoms with van der Waals surface area (Å²) in [7, 11) is 0. The number of hydrogen-bond donors (Lipinski definition) is 0. The molecule has 1 aliphatic heterocycles. The smallest absolute Gasteiger partial charge is 0.271 e. The molecule has 0 bridgehead atoms. The van der Waals surface area contributed by atoms with Crippen LogP contribution in [0.4, 0.5) is 4.79 Å². The third kappa shape index (κ3) is 1.39. The van der Waals surface area contributed by atoms with Crippen LogP contribution in [0.2, 0.25) is 0 Å². The zero-order chi connectivity index (χ0) is 11.1. The molecule has 0 aromatic carbocycles. The number of carbonyl (C=O) groups excluding carboxylic acids is 2. The third-order valence-corrected chi connectivity index (χ3v) is 4.59. The maximum absolute atomic E-state index is 11.8. The summed E-state index contributed by atoms with van der Waals surface area (Å²) in [4.78, 5) is 23.3. The van der Waals surface area contributed by atoms with Crippen molar-refractivity contribution in [2.24, 2.45) is 5.92 Å². The fraction of sp³-hybridized carbons (Fsp3) is 0.750. The van der Waals surface area contributed by atoms with Crippen molar-refractivity contribution >= 4 is 44.2 Å². The Balaban J connectivity index is 3.10. The lowest BCUT2D eigenvalue weighted by Crippen LogP contribution is -2.47. The van der Waals surface area contributed by atoms with E-state index in [0.717, 1.165) is 10.3 Å². The number of carbonyl (C=O) groups is 2. The molecular formula is C8H12Br2N2O2. The topological polar surface area (TPSA) is 40.6 Å². The zero-order valence-corrected chi connectivity index (χ0v) is 11.4. The number of amides is 3. The van der Waals surface area contributed by atoms with Crippen molar-refractivity contribution in [3.05, 3.63) is 0 Å². The number of rotatable bonds is 2. The highest BCUT2D eigenvalue weighted by Crippen LogP contribution is 2.39. The van der Waals surface area contributed by atoms with Gasteiger partial charge in [0.25, 0.3) is 5.91 Å². The summed E-state index contributed by atoms with van der Waals surface area (Å²) >= 11 is 6.08. The van der Waals surface area contributed by atoms with E-state index < -0.39 is 5.54 Å². The van der Waals surface area contributed by atoms with Crippen LogP contribution in [0.3, 0.4) is 0 Å². The first-order valence-corrected chi connectivity index (χ1v) is 5.79. The number of nitrogens with zero attached hydrogens (tertiary/aromatic N) is 2.